The van der Waals surface area contributed by atoms with Crippen molar-refractivity contribution in [3.05, 3.63) is 32.3 Å². The molecule has 19 heavy (non-hydrogen) atoms. The number of carbonyl (C=O) groups is 1. The number of nitro benzene ring substituents is 1. The predicted octanol–water partition coefficient (Wildman–Crippen LogP) is 3.42. The Morgan fingerprint density at radius 3 is 2.47 bits per heavy atom. The zero-order valence-electron chi connectivity index (χ0n) is 9.55. The number of amides is 1. The first kappa shape index (κ1) is 15.4. The van der Waals surface area contributed by atoms with Crippen molar-refractivity contribution >= 4 is 33.2 Å². The molecule has 0 fully saturated rings. The quantitative estimate of drug-likeness (QED) is 0.676. The first-order valence-electron chi connectivity index (χ1n) is 5.01. The number of nitrogens with one attached hydrogen (secondary N) is 1. The molecule has 5 nitrogen and oxygen atoms in total. The molecule has 0 aliphatic rings. The molecule has 0 bridgehead atoms. The van der Waals surface area contributed by atoms with Gasteiger partial charge in [0.05, 0.1) is 4.92 Å². The SMILES string of the molecule is CCc1cc(Br)cc([N+](=O)[O-])c1NC(=O)C(F)(F)F. The van der Waals surface area contributed by atoms with Crippen molar-refractivity contribution in [1.82, 2.24) is 0 Å². The topological polar surface area (TPSA) is 72.2 Å². The average Bonchev–Trinajstić information content (AvgIpc) is 2.28. The van der Waals surface area contributed by atoms with Crippen molar-refractivity contribution in [3.8, 4) is 0 Å². The van der Waals surface area contributed by atoms with Crippen LogP contribution in [0.3, 0.4) is 0 Å². The molecule has 1 rings (SSSR count). The van der Waals surface area contributed by atoms with Gasteiger partial charge in [-0.1, -0.05) is 22.9 Å². The van der Waals surface area contributed by atoms with Crippen LogP contribution in [0.4, 0.5) is 24.5 Å². The zero-order valence-corrected chi connectivity index (χ0v) is 11.1. The number of aryl methyl sites for hydroxylation is 1. The van der Waals surface area contributed by atoms with E-state index in [0.29, 0.717) is 4.47 Å². The fraction of sp³-hybridized carbons (Fsp3) is 0.300. The third-order valence-electron chi connectivity index (χ3n) is 2.24. The number of hydrogen-bond donors (Lipinski definition) is 1. The summed E-state index contributed by atoms with van der Waals surface area (Å²) in [5.74, 6) is -2.24. The smallest absolute Gasteiger partial charge is 0.312 e. The Morgan fingerprint density at radius 1 is 1.47 bits per heavy atom. The van der Waals surface area contributed by atoms with Crippen LogP contribution in [0.5, 0.6) is 0 Å². The highest BCUT2D eigenvalue weighted by Gasteiger charge is 2.40. The van der Waals surface area contributed by atoms with Crippen LogP contribution in [-0.2, 0) is 11.2 Å². The maximum absolute atomic E-state index is 12.2. The molecule has 0 unspecified atom stereocenters. The van der Waals surface area contributed by atoms with Crippen molar-refractivity contribution in [2.75, 3.05) is 5.32 Å². The van der Waals surface area contributed by atoms with Gasteiger partial charge < -0.3 is 5.32 Å². The molecular weight excluding hydrogens is 333 g/mol. The van der Waals surface area contributed by atoms with E-state index in [1.54, 1.807) is 12.2 Å². The average molecular weight is 341 g/mol. The van der Waals surface area contributed by atoms with Crippen LogP contribution in [0.2, 0.25) is 0 Å². The Bertz CT molecular complexity index is 531. The fourth-order valence-electron chi connectivity index (χ4n) is 1.40. The first-order chi connectivity index (χ1) is 8.66. The van der Waals surface area contributed by atoms with Crippen LogP contribution < -0.4 is 5.32 Å². The second kappa shape index (κ2) is 5.55. The molecule has 0 heterocycles. The summed E-state index contributed by atoms with van der Waals surface area (Å²) in [6, 6.07) is 2.45. The van der Waals surface area contributed by atoms with Gasteiger partial charge in [0.2, 0.25) is 0 Å². The highest BCUT2D eigenvalue weighted by atomic mass is 79.9. The summed E-state index contributed by atoms with van der Waals surface area (Å²) >= 11 is 3.02. The van der Waals surface area contributed by atoms with Gasteiger partial charge in [-0.05, 0) is 18.1 Å². The highest BCUT2D eigenvalue weighted by Crippen LogP contribution is 2.33. The largest absolute Gasteiger partial charge is 0.471 e. The van der Waals surface area contributed by atoms with E-state index in [1.165, 1.54) is 6.07 Å². The van der Waals surface area contributed by atoms with Crippen LogP contribution in [0.1, 0.15) is 12.5 Å². The van der Waals surface area contributed by atoms with Crippen molar-refractivity contribution in [2.24, 2.45) is 0 Å². The van der Waals surface area contributed by atoms with Crippen molar-refractivity contribution in [3.63, 3.8) is 0 Å². The van der Waals surface area contributed by atoms with Gasteiger partial charge in [0.15, 0.2) is 0 Å². The second-order valence-electron chi connectivity index (χ2n) is 3.52. The van der Waals surface area contributed by atoms with Gasteiger partial charge in [0, 0.05) is 10.5 Å². The normalized spacial score (nSPS) is 11.2. The molecule has 0 saturated heterocycles. The van der Waals surface area contributed by atoms with E-state index in [0.717, 1.165) is 6.07 Å². The van der Waals surface area contributed by atoms with Gasteiger partial charge in [-0.3, -0.25) is 14.9 Å². The lowest BCUT2D eigenvalue weighted by molar-refractivity contribution is -0.384. The molecule has 1 N–H and O–H groups in total. The fourth-order valence-corrected chi connectivity index (χ4v) is 1.89. The van der Waals surface area contributed by atoms with E-state index in [1.807, 2.05) is 0 Å². The molecule has 0 aromatic heterocycles. The summed E-state index contributed by atoms with van der Waals surface area (Å²) in [4.78, 5) is 20.9. The number of halogens is 4. The predicted molar refractivity (Wildman–Crippen MR) is 64.9 cm³/mol. The van der Waals surface area contributed by atoms with Gasteiger partial charge in [-0.25, -0.2) is 0 Å². The molecule has 104 valence electrons. The monoisotopic (exact) mass is 340 g/mol. The number of hydrogen-bond acceptors (Lipinski definition) is 3. The third kappa shape index (κ3) is 3.66. The number of carbonyl (C=O) groups excluding carboxylic acids is 1. The third-order valence-corrected chi connectivity index (χ3v) is 2.70. The van der Waals surface area contributed by atoms with Crippen LogP contribution in [0, 0.1) is 10.1 Å². The van der Waals surface area contributed by atoms with Gasteiger partial charge in [0.1, 0.15) is 5.69 Å². The molecule has 0 aliphatic carbocycles. The summed E-state index contributed by atoms with van der Waals surface area (Å²) in [6.45, 7) is 1.61. The van der Waals surface area contributed by atoms with E-state index in [2.05, 4.69) is 15.9 Å². The van der Waals surface area contributed by atoms with Crippen LogP contribution in [0.15, 0.2) is 16.6 Å². The molecule has 0 saturated carbocycles. The maximum atomic E-state index is 12.2. The molecule has 0 radical (unpaired) electrons. The number of nitrogens with zero attached hydrogens (tertiary/aromatic N) is 1. The number of nitro groups is 1. The zero-order chi connectivity index (χ0) is 14.8. The summed E-state index contributed by atoms with van der Waals surface area (Å²) in [7, 11) is 0. The molecule has 0 aliphatic heterocycles. The van der Waals surface area contributed by atoms with E-state index < -0.39 is 28.4 Å². The Morgan fingerprint density at radius 2 is 2.05 bits per heavy atom. The number of alkyl halides is 3. The first-order valence-corrected chi connectivity index (χ1v) is 5.81. The second-order valence-corrected chi connectivity index (χ2v) is 4.44. The van der Waals surface area contributed by atoms with Crippen LogP contribution in [0.25, 0.3) is 0 Å². The highest BCUT2D eigenvalue weighted by molar-refractivity contribution is 9.10. The van der Waals surface area contributed by atoms with E-state index in [4.69, 9.17) is 0 Å². The minimum atomic E-state index is -5.11. The van der Waals surface area contributed by atoms with Gasteiger partial charge in [-0.15, -0.1) is 0 Å². The minimum absolute atomic E-state index is 0.230. The van der Waals surface area contributed by atoms with Gasteiger partial charge in [0.25, 0.3) is 5.69 Å². The summed E-state index contributed by atoms with van der Waals surface area (Å²) in [6.07, 6.45) is -4.88. The van der Waals surface area contributed by atoms with Crippen molar-refractivity contribution in [1.29, 1.82) is 0 Å². The van der Waals surface area contributed by atoms with E-state index in [-0.39, 0.29) is 12.0 Å². The lowest BCUT2D eigenvalue weighted by Crippen LogP contribution is -2.30. The van der Waals surface area contributed by atoms with Crippen LogP contribution in [-0.4, -0.2) is 17.0 Å². The Kier molecular flexibility index (Phi) is 4.51. The molecule has 1 aromatic rings. The Labute approximate surface area is 114 Å². The molecule has 1 amide bonds. The van der Waals surface area contributed by atoms with E-state index in [9.17, 15) is 28.1 Å². The molecule has 0 atom stereocenters. The van der Waals surface area contributed by atoms with Crippen molar-refractivity contribution < 1.29 is 22.9 Å². The van der Waals surface area contributed by atoms with Crippen LogP contribution >= 0.6 is 15.9 Å². The standard InChI is InChI=1S/C10H8BrF3N2O3/c1-2-5-3-6(11)4-7(16(18)19)8(5)15-9(17)10(12,13)14/h3-4H,2H2,1H3,(H,15,17). The minimum Gasteiger partial charge on any atom is -0.312 e. The Balaban J connectivity index is 3.32. The summed E-state index contributed by atoms with van der Waals surface area (Å²) < 4.78 is 36.9. The summed E-state index contributed by atoms with van der Waals surface area (Å²) in [5, 5.41) is 12.4. The lowest BCUT2D eigenvalue weighted by atomic mass is 10.1. The summed E-state index contributed by atoms with van der Waals surface area (Å²) in [5.41, 5.74) is -0.791. The molecule has 1 aromatic carbocycles. The molecule has 9 heteroatoms. The number of anilines is 1. The lowest BCUT2D eigenvalue weighted by Gasteiger charge is -2.12. The number of rotatable bonds is 3. The van der Waals surface area contributed by atoms with E-state index >= 15 is 0 Å². The van der Waals surface area contributed by atoms with Gasteiger partial charge >= 0.3 is 12.1 Å². The maximum Gasteiger partial charge on any atom is 0.471 e. The molecular formula is C10H8BrF3N2O3. The Hall–Kier alpha value is -1.64. The van der Waals surface area contributed by atoms with Crippen molar-refractivity contribution in [2.45, 2.75) is 19.5 Å². The molecule has 0 spiro atoms. The number of benzene rings is 1. The van der Waals surface area contributed by atoms with Gasteiger partial charge in [-0.2, -0.15) is 13.2 Å².